The van der Waals surface area contributed by atoms with Gasteiger partial charge in [0.25, 0.3) is 0 Å². The van der Waals surface area contributed by atoms with Crippen LogP contribution in [0.5, 0.6) is 0 Å². The van der Waals surface area contributed by atoms with Crippen molar-refractivity contribution >= 4 is 5.69 Å². The molecule has 0 bridgehead atoms. The first-order chi connectivity index (χ1) is 8.30. The molecule has 0 aliphatic carbocycles. The Morgan fingerprint density at radius 2 is 2.06 bits per heavy atom. The predicted molar refractivity (Wildman–Crippen MR) is 72.4 cm³/mol. The van der Waals surface area contributed by atoms with Gasteiger partial charge in [0.05, 0.1) is 6.10 Å². The Balaban J connectivity index is 2.41. The number of aliphatic hydroxyl groups excluding tert-OH is 1. The SMILES string of the molecule is Cc1cc(N2CCC(C)(C)C2)c([C@H](C)O)cc1F. The summed E-state index contributed by atoms with van der Waals surface area (Å²) in [6.45, 7) is 9.87. The van der Waals surface area contributed by atoms with Crippen LogP contribution in [-0.4, -0.2) is 18.2 Å². The van der Waals surface area contributed by atoms with Gasteiger partial charge in [0, 0.05) is 24.3 Å². The maximum atomic E-state index is 13.6. The maximum Gasteiger partial charge on any atom is 0.126 e. The molecule has 1 N–H and O–H groups in total. The van der Waals surface area contributed by atoms with Crippen molar-refractivity contribution in [1.82, 2.24) is 0 Å². The van der Waals surface area contributed by atoms with Crippen LogP contribution in [0.1, 0.15) is 44.4 Å². The number of aliphatic hydroxyl groups is 1. The molecule has 2 rings (SSSR count). The molecule has 0 radical (unpaired) electrons. The van der Waals surface area contributed by atoms with Crippen LogP contribution in [0.25, 0.3) is 0 Å². The second kappa shape index (κ2) is 4.54. The van der Waals surface area contributed by atoms with Crippen molar-refractivity contribution in [3.05, 3.63) is 29.1 Å². The van der Waals surface area contributed by atoms with E-state index in [1.165, 1.54) is 6.07 Å². The summed E-state index contributed by atoms with van der Waals surface area (Å²) in [4.78, 5) is 2.26. The van der Waals surface area contributed by atoms with Crippen molar-refractivity contribution in [2.24, 2.45) is 5.41 Å². The summed E-state index contributed by atoms with van der Waals surface area (Å²) in [5.74, 6) is -0.242. The molecule has 0 spiro atoms. The molecule has 1 fully saturated rings. The molecule has 1 atom stereocenters. The highest BCUT2D eigenvalue weighted by atomic mass is 19.1. The van der Waals surface area contributed by atoms with E-state index in [1.54, 1.807) is 13.8 Å². The van der Waals surface area contributed by atoms with Crippen molar-refractivity contribution in [3.63, 3.8) is 0 Å². The molecule has 1 saturated heterocycles. The van der Waals surface area contributed by atoms with Gasteiger partial charge < -0.3 is 10.0 Å². The summed E-state index contributed by atoms with van der Waals surface area (Å²) in [6.07, 6.45) is 0.488. The minimum atomic E-state index is -0.640. The van der Waals surface area contributed by atoms with E-state index >= 15 is 0 Å². The number of aryl methyl sites for hydroxylation is 1. The van der Waals surface area contributed by atoms with Crippen LogP contribution >= 0.6 is 0 Å². The highest BCUT2D eigenvalue weighted by molar-refractivity contribution is 5.57. The van der Waals surface area contributed by atoms with Gasteiger partial charge in [0.15, 0.2) is 0 Å². The molecule has 1 aliphatic heterocycles. The minimum Gasteiger partial charge on any atom is -0.389 e. The van der Waals surface area contributed by atoms with Gasteiger partial charge in [-0.25, -0.2) is 4.39 Å². The number of nitrogens with zero attached hydrogens (tertiary/aromatic N) is 1. The predicted octanol–water partition coefficient (Wildman–Crippen LogP) is 3.42. The molecule has 1 aromatic carbocycles. The molecule has 1 heterocycles. The van der Waals surface area contributed by atoms with E-state index in [-0.39, 0.29) is 11.2 Å². The Morgan fingerprint density at radius 1 is 1.39 bits per heavy atom. The molecule has 2 nitrogen and oxygen atoms in total. The molecule has 1 aromatic rings. The van der Waals surface area contributed by atoms with Crippen molar-refractivity contribution < 1.29 is 9.50 Å². The Labute approximate surface area is 108 Å². The van der Waals surface area contributed by atoms with Gasteiger partial charge >= 0.3 is 0 Å². The lowest BCUT2D eigenvalue weighted by molar-refractivity contribution is 0.199. The van der Waals surface area contributed by atoms with E-state index in [2.05, 4.69) is 18.7 Å². The fraction of sp³-hybridized carbons (Fsp3) is 0.600. The second-order valence-corrected chi connectivity index (χ2v) is 6.17. The first kappa shape index (κ1) is 13.3. The Kier molecular flexibility index (Phi) is 3.37. The summed E-state index contributed by atoms with van der Waals surface area (Å²) >= 11 is 0. The largest absolute Gasteiger partial charge is 0.389 e. The highest BCUT2D eigenvalue weighted by Gasteiger charge is 2.31. The zero-order chi connectivity index (χ0) is 13.5. The number of halogens is 1. The lowest BCUT2D eigenvalue weighted by atomic mass is 9.93. The van der Waals surface area contributed by atoms with Gasteiger partial charge in [-0.15, -0.1) is 0 Å². The third kappa shape index (κ3) is 2.51. The molecular weight excluding hydrogens is 229 g/mol. The first-order valence-electron chi connectivity index (χ1n) is 6.53. The second-order valence-electron chi connectivity index (χ2n) is 6.17. The number of hydrogen-bond acceptors (Lipinski definition) is 2. The molecular formula is C15H22FNO. The summed E-state index contributed by atoms with van der Waals surface area (Å²) in [6, 6.07) is 3.33. The van der Waals surface area contributed by atoms with Crippen LogP contribution in [0.4, 0.5) is 10.1 Å². The Morgan fingerprint density at radius 3 is 2.56 bits per heavy atom. The van der Waals surface area contributed by atoms with Crippen LogP contribution in [-0.2, 0) is 0 Å². The van der Waals surface area contributed by atoms with Gasteiger partial charge in [-0.3, -0.25) is 0 Å². The monoisotopic (exact) mass is 251 g/mol. The quantitative estimate of drug-likeness (QED) is 0.870. The van der Waals surface area contributed by atoms with E-state index in [4.69, 9.17) is 0 Å². The summed E-state index contributed by atoms with van der Waals surface area (Å²) in [7, 11) is 0. The van der Waals surface area contributed by atoms with Gasteiger partial charge in [0.2, 0.25) is 0 Å². The third-order valence-electron chi connectivity index (χ3n) is 3.78. The average molecular weight is 251 g/mol. The van der Waals surface area contributed by atoms with E-state index < -0.39 is 6.10 Å². The third-order valence-corrected chi connectivity index (χ3v) is 3.78. The highest BCUT2D eigenvalue weighted by Crippen LogP contribution is 2.36. The van der Waals surface area contributed by atoms with Crippen LogP contribution in [0.3, 0.4) is 0 Å². The first-order valence-corrected chi connectivity index (χ1v) is 6.53. The van der Waals surface area contributed by atoms with E-state index in [1.807, 2.05) is 6.07 Å². The smallest absolute Gasteiger partial charge is 0.126 e. The Bertz CT molecular complexity index is 454. The van der Waals surface area contributed by atoms with Crippen molar-refractivity contribution in [3.8, 4) is 0 Å². The summed E-state index contributed by atoms with van der Waals surface area (Å²) in [5, 5.41) is 9.82. The zero-order valence-corrected chi connectivity index (χ0v) is 11.6. The fourth-order valence-electron chi connectivity index (χ4n) is 2.61. The van der Waals surface area contributed by atoms with Gasteiger partial charge in [-0.2, -0.15) is 0 Å². The standard InChI is InChI=1S/C15H22FNO/c1-10-7-14(12(11(2)18)8-13(10)16)17-6-5-15(3,4)9-17/h7-8,11,18H,5-6,9H2,1-4H3/t11-/m0/s1. The maximum absolute atomic E-state index is 13.6. The van der Waals surface area contributed by atoms with E-state index in [0.717, 1.165) is 25.2 Å². The molecule has 0 unspecified atom stereocenters. The molecule has 3 heteroatoms. The lowest BCUT2D eigenvalue weighted by Crippen LogP contribution is -2.24. The van der Waals surface area contributed by atoms with Crippen LogP contribution in [0.15, 0.2) is 12.1 Å². The molecule has 0 saturated carbocycles. The molecule has 1 aliphatic rings. The van der Waals surface area contributed by atoms with Gasteiger partial charge in [-0.05, 0) is 43.4 Å². The number of anilines is 1. The fourth-order valence-corrected chi connectivity index (χ4v) is 2.61. The Hall–Kier alpha value is -1.09. The van der Waals surface area contributed by atoms with Crippen molar-refractivity contribution in [1.29, 1.82) is 0 Å². The van der Waals surface area contributed by atoms with E-state index in [9.17, 15) is 9.50 Å². The lowest BCUT2D eigenvalue weighted by Gasteiger charge is -2.25. The summed E-state index contributed by atoms with van der Waals surface area (Å²) < 4.78 is 13.6. The number of hydrogen-bond donors (Lipinski definition) is 1. The molecule has 0 amide bonds. The van der Waals surface area contributed by atoms with Crippen molar-refractivity contribution in [2.45, 2.75) is 40.2 Å². The minimum absolute atomic E-state index is 0.242. The normalized spacial score (nSPS) is 20.2. The number of benzene rings is 1. The summed E-state index contributed by atoms with van der Waals surface area (Å²) in [5.41, 5.74) is 2.60. The van der Waals surface area contributed by atoms with Crippen LogP contribution < -0.4 is 4.90 Å². The molecule has 18 heavy (non-hydrogen) atoms. The topological polar surface area (TPSA) is 23.5 Å². The van der Waals surface area contributed by atoms with Gasteiger partial charge in [0.1, 0.15) is 5.82 Å². The van der Waals surface area contributed by atoms with Crippen molar-refractivity contribution in [2.75, 3.05) is 18.0 Å². The van der Waals surface area contributed by atoms with Crippen LogP contribution in [0, 0.1) is 18.2 Å². The number of rotatable bonds is 2. The molecule has 0 aromatic heterocycles. The zero-order valence-electron chi connectivity index (χ0n) is 11.6. The molecule has 100 valence electrons. The van der Waals surface area contributed by atoms with E-state index in [0.29, 0.717) is 11.1 Å². The average Bonchev–Trinajstić information content (AvgIpc) is 2.62. The van der Waals surface area contributed by atoms with Crippen LogP contribution in [0.2, 0.25) is 0 Å². The van der Waals surface area contributed by atoms with Gasteiger partial charge in [-0.1, -0.05) is 13.8 Å².